The molecule has 3 N–H and O–H groups in total. The van der Waals surface area contributed by atoms with Crippen LogP contribution in [-0.2, 0) is 0 Å². The lowest BCUT2D eigenvalue weighted by molar-refractivity contribution is 0.518. The summed E-state index contributed by atoms with van der Waals surface area (Å²) in [5, 5.41) is 7.32. The van der Waals surface area contributed by atoms with E-state index in [2.05, 4.69) is 25.4 Å². The van der Waals surface area contributed by atoms with Crippen LogP contribution in [0.5, 0.6) is 0 Å². The lowest BCUT2D eigenvalue weighted by Crippen LogP contribution is -2.13. The normalized spacial score (nSPS) is 15.6. The average Bonchev–Trinajstić information content (AvgIpc) is 3.11. The smallest absolute Gasteiger partial charge is 0.257 e. The van der Waals surface area contributed by atoms with Crippen molar-refractivity contribution in [2.45, 2.75) is 32.1 Å². The molecule has 1 aliphatic rings. The molecule has 0 radical (unpaired) electrons. The topological polar surface area (TPSA) is 94.5 Å². The van der Waals surface area contributed by atoms with Crippen LogP contribution in [0.3, 0.4) is 0 Å². The van der Waals surface area contributed by atoms with Crippen molar-refractivity contribution in [2.24, 2.45) is 5.92 Å². The Morgan fingerprint density at radius 1 is 1.25 bits per heavy atom. The molecule has 0 amide bonds. The van der Waals surface area contributed by atoms with Crippen molar-refractivity contribution in [3.05, 3.63) is 18.5 Å². The number of nitrogens with one attached hydrogen (secondary N) is 1. The molecule has 0 saturated heterocycles. The molecule has 20 heavy (non-hydrogen) atoms. The molecule has 7 nitrogen and oxygen atoms in total. The summed E-state index contributed by atoms with van der Waals surface area (Å²) in [7, 11) is 0. The molecule has 1 aliphatic carbocycles. The highest BCUT2D eigenvalue weighted by molar-refractivity contribution is 5.34. The molecular weight excluding hydrogens is 254 g/mol. The zero-order valence-corrected chi connectivity index (χ0v) is 11.4. The van der Waals surface area contributed by atoms with Gasteiger partial charge in [-0.2, -0.15) is 20.1 Å². The molecule has 0 aliphatic heterocycles. The molecule has 1 fully saturated rings. The maximum absolute atomic E-state index is 5.72. The zero-order valence-electron chi connectivity index (χ0n) is 11.4. The Kier molecular flexibility index (Phi) is 3.76. The van der Waals surface area contributed by atoms with Gasteiger partial charge in [0.1, 0.15) is 0 Å². The molecule has 1 saturated carbocycles. The fourth-order valence-corrected chi connectivity index (χ4v) is 2.64. The molecule has 2 aromatic rings. The molecule has 0 bridgehead atoms. The quantitative estimate of drug-likeness (QED) is 0.859. The van der Waals surface area contributed by atoms with Gasteiger partial charge in [0.15, 0.2) is 0 Å². The maximum atomic E-state index is 5.72. The molecule has 0 spiro atoms. The van der Waals surface area contributed by atoms with E-state index < -0.39 is 0 Å². The van der Waals surface area contributed by atoms with Crippen LogP contribution in [0.2, 0.25) is 0 Å². The number of rotatable bonds is 5. The van der Waals surface area contributed by atoms with Gasteiger partial charge in [0.2, 0.25) is 11.9 Å². The SMILES string of the molecule is Nc1nc(NCCC2CCCC2)nc(-n2cccn2)n1. The number of aromatic nitrogens is 5. The first-order valence-corrected chi connectivity index (χ1v) is 7.07. The van der Waals surface area contributed by atoms with E-state index >= 15 is 0 Å². The van der Waals surface area contributed by atoms with Crippen LogP contribution in [0.1, 0.15) is 32.1 Å². The van der Waals surface area contributed by atoms with Crippen LogP contribution in [0.15, 0.2) is 18.5 Å². The van der Waals surface area contributed by atoms with Crippen LogP contribution in [0, 0.1) is 5.92 Å². The third-order valence-corrected chi connectivity index (χ3v) is 3.66. The summed E-state index contributed by atoms with van der Waals surface area (Å²) in [6.45, 7) is 0.868. The lowest BCUT2D eigenvalue weighted by atomic mass is 10.0. The highest BCUT2D eigenvalue weighted by atomic mass is 15.4. The van der Waals surface area contributed by atoms with Gasteiger partial charge in [-0.1, -0.05) is 25.7 Å². The summed E-state index contributed by atoms with van der Waals surface area (Å²) in [5.74, 6) is 1.99. The summed E-state index contributed by atoms with van der Waals surface area (Å²) < 4.78 is 1.57. The zero-order chi connectivity index (χ0) is 13.8. The predicted molar refractivity (Wildman–Crippen MR) is 76.4 cm³/mol. The van der Waals surface area contributed by atoms with Crippen LogP contribution in [0.25, 0.3) is 5.95 Å². The van der Waals surface area contributed by atoms with E-state index in [-0.39, 0.29) is 5.95 Å². The molecule has 3 rings (SSSR count). The van der Waals surface area contributed by atoms with Crippen LogP contribution < -0.4 is 11.1 Å². The van der Waals surface area contributed by atoms with Gasteiger partial charge in [-0.05, 0) is 18.4 Å². The molecule has 2 heterocycles. The highest BCUT2D eigenvalue weighted by Crippen LogP contribution is 2.27. The third kappa shape index (κ3) is 3.04. The van der Waals surface area contributed by atoms with Gasteiger partial charge >= 0.3 is 0 Å². The van der Waals surface area contributed by atoms with Gasteiger partial charge < -0.3 is 11.1 Å². The Morgan fingerprint density at radius 2 is 2.10 bits per heavy atom. The second-order valence-electron chi connectivity index (χ2n) is 5.13. The van der Waals surface area contributed by atoms with E-state index in [0.29, 0.717) is 11.9 Å². The van der Waals surface area contributed by atoms with Gasteiger partial charge in [-0.15, -0.1) is 0 Å². The van der Waals surface area contributed by atoms with E-state index in [4.69, 9.17) is 5.73 Å². The molecule has 0 unspecified atom stereocenters. The number of hydrogen-bond acceptors (Lipinski definition) is 6. The average molecular weight is 273 g/mol. The third-order valence-electron chi connectivity index (χ3n) is 3.66. The summed E-state index contributed by atoms with van der Waals surface area (Å²) in [4.78, 5) is 12.5. The first kappa shape index (κ1) is 12.8. The number of hydrogen-bond donors (Lipinski definition) is 2. The van der Waals surface area contributed by atoms with E-state index in [1.165, 1.54) is 25.7 Å². The summed E-state index contributed by atoms with van der Waals surface area (Å²) in [6, 6.07) is 1.81. The maximum Gasteiger partial charge on any atom is 0.257 e. The van der Waals surface area contributed by atoms with Gasteiger partial charge in [-0.3, -0.25) is 0 Å². The number of nitrogens with two attached hydrogens (primary N) is 1. The molecule has 7 heteroatoms. The number of nitrogen functional groups attached to an aromatic ring is 1. The minimum absolute atomic E-state index is 0.203. The summed E-state index contributed by atoms with van der Waals surface area (Å²) >= 11 is 0. The van der Waals surface area contributed by atoms with E-state index in [1.807, 2.05) is 6.07 Å². The van der Waals surface area contributed by atoms with Crippen LogP contribution >= 0.6 is 0 Å². The van der Waals surface area contributed by atoms with Crippen molar-refractivity contribution in [1.82, 2.24) is 24.7 Å². The second kappa shape index (κ2) is 5.85. The molecule has 0 atom stereocenters. The molecule has 0 aromatic carbocycles. The van der Waals surface area contributed by atoms with Crippen molar-refractivity contribution in [1.29, 1.82) is 0 Å². The highest BCUT2D eigenvalue weighted by Gasteiger charge is 2.14. The van der Waals surface area contributed by atoms with Crippen molar-refractivity contribution in [2.75, 3.05) is 17.6 Å². The standard InChI is InChI=1S/C13H19N7/c14-11-17-12(15-8-6-10-4-1-2-5-10)19-13(18-11)20-9-3-7-16-20/h3,7,9-10H,1-2,4-6,8H2,(H3,14,15,17,18,19). The first-order valence-electron chi connectivity index (χ1n) is 7.07. The van der Waals surface area contributed by atoms with E-state index in [0.717, 1.165) is 18.9 Å². The largest absolute Gasteiger partial charge is 0.368 e. The fraction of sp³-hybridized carbons (Fsp3) is 0.538. The van der Waals surface area contributed by atoms with E-state index in [9.17, 15) is 0 Å². The van der Waals surface area contributed by atoms with Gasteiger partial charge in [0.05, 0.1) is 0 Å². The molecular formula is C13H19N7. The summed E-state index contributed by atoms with van der Waals surface area (Å²) in [5.41, 5.74) is 5.72. The first-order chi connectivity index (χ1) is 9.81. The number of anilines is 2. The summed E-state index contributed by atoms with van der Waals surface area (Å²) in [6.07, 6.45) is 10.0. The van der Waals surface area contributed by atoms with E-state index in [1.54, 1.807) is 17.1 Å². The van der Waals surface area contributed by atoms with Crippen molar-refractivity contribution < 1.29 is 0 Å². The number of nitrogens with zero attached hydrogens (tertiary/aromatic N) is 5. The second-order valence-corrected chi connectivity index (χ2v) is 5.13. The Hall–Kier alpha value is -2.18. The van der Waals surface area contributed by atoms with Crippen molar-refractivity contribution >= 4 is 11.9 Å². The van der Waals surface area contributed by atoms with Crippen molar-refractivity contribution in [3.63, 3.8) is 0 Å². The van der Waals surface area contributed by atoms with Gasteiger partial charge in [0.25, 0.3) is 5.95 Å². The Labute approximate surface area is 117 Å². The van der Waals surface area contributed by atoms with Crippen LogP contribution in [0.4, 0.5) is 11.9 Å². The Bertz CT molecular complexity index is 546. The lowest BCUT2D eigenvalue weighted by Gasteiger charge is -2.10. The van der Waals surface area contributed by atoms with Gasteiger partial charge in [0, 0.05) is 18.9 Å². The predicted octanol–water partition coefficient (Wildman–Crippen LogP) is 1.63. The van der Waals surface area contributed by atoms with Crippen LogP contribution in [-0.4, -0.2) is 31.3 Å². The monoisotopic (exact) mass is 273 g/mol. The Balaban J connectivity index is 1.63. The van der Waals surface area contributed by atoms with Gasteiger partial charge in [-0.25, -0.2) is 4.68 Å². The minimum atomic E-state index is 0.203. The fourth-order valence-electron chi connectivity index (χ4n) is 2.64. The minimum Gasteiger partial charge on any atom is -0.368 e. The van der Waals surface area contributed by atoms with Crippen molar-refractivity contribution in [3.8, 4) is 5.95 Å². The molecule has 2 aromatic heterocycles. The molecule has 106 valence electrons. The Morgan fingerprint density at radius 3 is 2.85 bits per heavy atom.